The van der Waals surface area contributed by atoms with Crippen LogP contribution in [0.5, 0.6) is 0 Å². The maximum absolute atomic E-state index is 11.8. The van der Waals surface area contributed by atoms with Crippen molar-refractivity contribution in [1.29, 1.82) is 5.26 Å². The van der Waals surface area contributed by atoms with Crippen LogP contribution in [0.15, 0.2) is 18.2 Å². The Kier molecular flexibility index (Phi) is 2.98. The van der Waals surface area contributed by atoms with E-state index in [0.29, 0.717) is 17.8 Å². The lowest BCUT2D eigenvalue weighted by atomic mass is 10.1. The van der Waals surface area contributed by atoms with E-state index in [2.05, 4.69) is 6.07 Å². The molecule has 0 spiro atoms. The molecule has 1 atom stereocenters. The summed E-state index contributed by atoms with van der Waals surface area (Å²) in [6.07, 6.45) is 0.215. The minimum Gasteiger partial charge on any atom is -0.311 e. The van der Waals surface area contributed by atoms with Crippen LogP contribution in [0.3, 0.4) is 0 Å². The Balaban J connectivity index is 2.33. The summed E-state index contributed by atoms with van der Waals surface area (Å²) < 4.78 is 0. The highest BCUT2D eigenvalue weighted by Crippen LogP contribution is 2.29. The van der Waals surface area contributed by atoms with Gasteiger partial charge in [-0.1, -0.05) is 0 Å². The molecule has 0 bridgehead atoms. The van der Waals surface area contributed by atoms with Crippen LogP contribution in [-0.2, 0) is 4.79 Å². The third-order valence-electron chi connectivity index (χ3n) is 2.99. The zero-order chi connectivity index (χ0) is 13.3. The van der Waals surface area contributed by atoms with Crippen molar-refractivity contribution >= 4 is 17.3 Å². The van der Waals surface area contributed by atoms with Gasteiger partial charge in [0.05, 0.1) is 16.9 Å². The third-order valence-corrected chi connectivity index (χ3v) is 2.99. The standard InChI is InChI=1S/C12H11N3O3/c1-8-4-10(15(17)18)2-3-11(8)14-7-9(6-13)5-12(14)16/h2-4,9H,5,7H2,1H3. The number of nitrogens with zero attached hydrogens (tertiary/aromatic N) is 3. The average molecular weight is 245 g/mol. The van der Waals surface area contributed by atoms with Crippen molar-refractivity contribution in [2.75, 3.05) is 11.4 Å². The summed E-state index contributed by atoms with van der Waals surface area (Å²) in [6, 6.07) is 6.44. The molecule has 1 aliphatic rings. The average Bonchev–Trinajstić information content (AvgIpc) is 2.70. The highest BCUT2D eigenvalue weighted by molar-refractivity contribution is 5.96. The normalized spacial score (nSPS) is 18.8. The van der Waals surface area contributed by atoms with Gasteiger partial charge in [-0.05, 0) is 18.6 Å². The van der Waals surface area contributed by atoms with Crippen molar-refractivity contribution in [3.8, 4) is 6.07 Å². The van der Waals surface area contributed by atoms with E-state index in [1.165, 1.54) is 17.0 Å². The molecule has 0 N–H and O–H groups in total. The van der Waals surface area contributed by atoms with Gasteiger partial charge >= 0.3 is 0 Å². The number of hydrogen-bond donors (Lipinski definition) is 0. The van der Waals surface area contributed by atoms with Crippen molar-refractivity contribution in [3.05, 3.63) is 33.9 Å². The molecule has 0 aromatic heterocycles. The molecule has 1 unspecified atom stereocenters. The van der Waals surface area contributed by atoms with Gasteiger partial charge in [0.1, 0.15) is 0 Å². The monoisotopic (exact) mass is 245 g/mol. The number of carbonyl (C=O) groups excluding carboxylic acids is 1. The number of rotatable bonds is 2. The molecular formula is C12H11N3O3. The molecule has 6 nitrogen and oxygen atoms in total. The van der Waals surface area contributed by atoms with Gasteiger partial charge in [0.25, 0.3) is 5.69 Å². The first-order chi connectivity index (χ1) is 8.52. The number of amides is 1. The van der Waals surface area contributed by atoms with E-state index in [0.717, 1.165) is 0 Å². The number of non-ortho nitro benzene ring substituents is 1. The van der Waals surface area contributed by atoms with Crippen molar-refractivity contribution in [2.24, 2.45) is 5.92 Å². The fourth-order valence-electron chi connectivity index (χ4n) is 2.08. The largest absolute Gasteiger partial charge is 0.311 e. The second-order valence-electron chi connectivity index (χ2n) is 4.26. The van der Waals surface area contributed by atoms with E-state index in [1.807, 2.05) is 0 Å². The molecule has 0 aliphatic carbocycles. The highest BCUT2D eigenvalue weighted by Gasteiger charge is 2.31. The topological polar surface area (TPSA) is 87.2 Å². The minimum absolute atomic E-state index is 0.000251. The van der Waals surface area contributed by atoms with Crippen LogP contribution >= 0.6 is 0 Å². The van der Waals surface area contributed by atoms with Gasteiger partial charge in [-0.3, -0.25) is 14.9 Å². The number of benzene rings is 1. The first-order valence-corrected chi connectivity index (χ1v) is 5.48. The van der Waals surface area contributed by atoms with Crippen LogP contribution in [0.1, 0.15) is 12.0 Å². The molecule has 6 heteroatoms. The van der Waals surface area contributed by atoms with Crippen LogP contribution in [0.4, 0.5) is 11.4 Å². The zero-order valence-corrected chi connectivity index (χ0v) is 9.79. The molecule has 1 aromatic carbocycles. The van der Waals surface area contributed by atoms with E-state index in [4.69, 9.17) is 5.26 Å². The molecular weight excluding hydrogens is 234 g/mol. The number of aryl methyl sites for hydroxylation is 1. The second-order valence-corrected chi connectivity index (χ2v) is 4.26. The first kappa shape index (κ1) is 12.0. The number of anilines is 1. The van der Waals surface area contributed by atoms with Gasteiger partial charge in [-0.15, -0.1) is 0 Å². The maximum Gasteiger partial charge on any atom is 0.269 e. The van der Waals surface area contributed by atoms with E-state index in [1.54, 1.807) is 13.0 Å². The van der Waals surface area contributed by atoms with E-state index >= 15 is 0 Å². The predicted octanol–water partition coefficient (Wildman–Crippen LogP) is 1.78. The van der Waals surface area contributed by atoms with Gasteiger partial charge in [0.15, 0.2) is 0 Å². The molecule has 1 saturated heterocycles. The van der Waals surface area contributed by atoms with Crippen molar-refractivity contribution in [2.45, 2.75) is 13.3 Å². The molecule has 1 aliphatic heterocycles. The summed E-state index contributed by atoms with van der Waals surface area (Å²) in [6.45, 7) is 2.07. The fourth-order valence-corrected chi connectivity index (χ4v) is 2.08. The van der Waals surface area contributed by atoms with Gasteiger partial charge in [-0.2, -0.15) is 5.26 Å². The molecule has 0 radical (unpaired) electrons. The third kappa shape index (κ3) is 2.02. The molecule has 92 valence electrons. The summed E-state index contributed by atoms with van der Waals surface area (Å²) >= 11 is 0. The summed E-state index contributed by atoms with van der Waals surface area (Å²) in [5, 5.41) is 19.4. The molecule has 1 amide bonds. The zero-order valence-electron chi connectivity index (χ0n) is 9.79. The first-order valence-electron chi connectivity index (χ1n) is 5.48. The molecule has 1 heterocycles. The summed E-state index contributed by atoms with van der Waals surface area (Å²) in [5.74, 6) is -0.411. The van der Waals surface area contributed by atoms with Crippen LogP contribution in [0.25, 0.3) is 0 Å². The van der Waals surface area contributed by atoms with E-state index in [9.17, 15) is 14.9 Å². The predicted molar refractivity (Wildman–Crippen MR) is 63.9 cm³/mol. The molecule has 18 heavy (non-hydrogen) atoms. The summed E-state index contributed by atoms with van der Waals surface area (Å²) in [5.41, 5.74) is 1.30. The summed E-state index contributed by atoms with van der Waals surface area (Å²) in [4.78, 5) is 23.4. The van der Waals surface area contributed by atoms with Crippen molar-refractivity contribution in [3.63, 3.8) is 0 Å². The van der Waals surface area contributed by atoms with Crippen LogP contribution in [0, 0.1) is 34.3 Å². The minimum atomic E-state index is -0.472. The molecule has 0 saturated carbocycles. The Labute approximate surface area is 104 Å². The van der Waals surface area contributed by atoms with E-state index in [-0.39, 0.29) is 23.9 Å². The SMILES string of the molecule is Cc1cc([N+](=O)[O-])ccc1N1CC(C#N)CC1=O. The van der Waals surface area contributed by atoms with Crippen molar-refractivity contribution in [1.82, 2.24) is 0 Å². The van der Waals surface area contributed by atoms with Crippen LogP contribution in [-0.4, -0.2) is 17.4 Å². The smallest absolute Gasteiger partial charge is 0.269 e. The Morgan fingerprint density at radius 3 is 2.78 bits per heavy atom. The lowest BCUT2D eigenvalue weighted by molar-refractivity contribution is -0.384. The van der Waals surface area contributed by atoms with E-state index < -0.39 is 4.92 Å². The Morgan fingerprint density at radius 2 is 2.28 bits per heavy atom. The second kappa shape index (κ2) is 4.45. The number of nitro groups is 1. The van der Waals surface area contributed by atoms with Gasteiger partial charge in [0, 0.05) is 30.8 Å². The van der Waals surface area contributed by atoms with Gasteiger partial charge in [-0.25, -0.2) is 0 Å². The number of nitro benzene ring substituents is 1. The summed E-state index contributed by atoms with van der Waals surface area (Å²) in [7, 11) is 0. The highest BCUT2D eigenvalue weighted by atomic mass is 16.6. The fraction of sp³-hybridized carbons (Fsp3) is 0.333. The molecule has 1 fully saturated rings. The number of nitriles is 1. The van der Waals surface area contributed by atoms with Crippen LogP contribution in [0.2, 0.25) is 0 Å². The van der Waals surface area contributed by atoms with Crippen LogP contribution < -0.4 is 4.90 Å². The van der Waals surface area contributed by atoms with Gasteiger partial charge < -0.3 is 4.90 Å². The lowest BCUT2D eigenvalue weighted by Gasteiger charge is -2.18. The lowest BCUT2D eigenvalue weighted by Crippen LogP contribution is -2.25. The molecule has 2 rings (SSSR count). The Hall–Kier alpha value is -2.42. The number of carbonyl (C=O) groups is 1. The van der Waals surface area contributed by atoms with Crippen molar-refractivity contribution < 1.29 is 9.72 Å². The quantitative estimate of drug-likeness (QED) is 0.587. The molecule has 1 aromatic rings. The maximum atomic E-state index is 11.8. The Morgan fingerprint density at radius 1 is 1.56 bits per heavy atom. The number of hydrogen-bond acceptors (Lipinski definition) is 4. The van der Waals surface area contributed by atoms with Gasteiger partial charge in [0.2, 0.25) is 5.91 Å². The Bertz CT molecular complexity index is 562.